The van der Waals surface area contributed by atoms with Crippen molar-refractivity contribution in [2.45, 2.75) is 19.4 Å². The van der Waals surface area contributed by atoms with Crippen LogP contribution < -0.4 is 9.64 Å². The Balaban J connectivity index is 1.40. The first-order valence-electron chi connectivity index (χ1n) is 11.4. The van der Waals surface area contributed by atoms with Gasteiger partial charge in [-0.3, -0.25) is 4.68 Å². The smallest absolute Gasteiger partial charge is 0.330 e. The first-order valence-corrected chi connectivity index (χ1v) is 11.4. The molecule has 0 spiro atoms. The number of aromatic amines is 1. The molecule has 5 rings (SSSR count). The Morgan fingerprint density at radius 1 is 1.20 bits per heavy atom. The fraction of sp³-hybridized carbons (Fsp3) is 0.269. The molecule has 0 saturated heterocycles. The van der Waals surface area contributed by atoms with Crippen molar-refractivity contribution in [3.63, 3.8) is 0 Å². The van der Waals surface area contributed by atoms with E-state index in [1.54, 1.807) is 37.2 Å². The molecule has 4 heterocycles. The lowest BCUT2D eigenvalue weighted by Crippen LogP contribution is -2.28. The van der Waals surface area contributed by atoms with Crippen LogP contribution in [0.25, 0.3) is 27.7 Å². The van der Waals surface area contributed by atoms with Gasteiger partial charge in [0.1, 0.15) is 23.3 Å². The number of nitrogens with one attached hydrogen (secondary N) is 1. The van der Waals surface area contributed by atoms with Crippen LogP contribution in [0.3, 0.4) is 0 Å². The number of hydrogen-bond donors (Lipinski definition) is 1. The molecule has 0 saturated carbocycles. The van der Waals surface area contributed by atoms with Crippen molar-refractivity contribution in [2.24, 2.45) is 0 Å². The zero-order valence-electron chi connectivity index (χ0n) is 19.8. The van der Waals surface area contributed by atoms with Crippen LogP contribution in [0.1, 0.15) is 25.1 Å². The first-order chi connectivity index (χ1) is 17.0. The Hall–Kier alpha value is -4.14. The van der Waals surface area contributed by atoms with E-state index >= 15 is 0 Å². The van der Waals surface area contributed by atoms with Crippen molar-refractivity contribution < 1.29 is 18.7 Å². The monoisotopic (exact) mass is 475 g/mol. The van der Waals surface area contributed by atoms with E-state index in [0.717, 1.165) is 40.9 Å². The maximum atomic E-state index is 14.0. The Bertz CT molecular complexity index is 1420. The molecule has 8 nitrogen and oxygen atoms in total. The molecule has 0 bridgehead atoms. The van der Waals surface area contributed by atoms with Crippen LogP contribution in [0.15, 0.2) is 55.0 Å². The molecule has 1 aromatic carbocycles. The lowest BCUT2D eigenvalue weighted by Gasteiger charge is -2.26. The van der Waals surface area contributed by atoms with Crippen molar-refractivity contribution in [3.8, 4) is 16.9 Å². The topological polar surface area (TPSA) is 85.3 Å². The average Bonchev–Trinajstić information content (AvgIpc) is 3.55. The fourth-order valence-corrected chi connectivity index (χ4v) is 4.46. The van der Waals surface area contributed by atoms with Crippen LogP contribution in [-0.2, 0) is 9.53 Å². The number of carbonyl (C=O) groups excluding carboxylic acids is 1. The van der Waals surface area contributed by atoms with Gasteiger partial charge in [-0.05, 0) is 54.8 Å². The number of anilines is 1. The standard InChI is InChI=1S/C26H26FN5O3/c1-16(26(33)35-3)32-15-19(14-29-32)31-10-7-17(8-11-31)23-13-22-20(6-9-28-25(22)30-23)21-12-18(27)4-5-24(21)34-2/h4-7,9,12-16H,8,10-11H2,1-3H3,(H,28,30). The van der Waals surface area contributed by atoms with Gasteiger partial charge < -0.3 is 19.4 Å². The molecule has 9 heteroatoms. The van der Waals surface area contributed by atoms with Crippen LogP contribution in [0.2, 0.25) is 0 Å². The molecule has 4 aromatic rings. The second-order valence-electron chi connectivity index (χ2n) is 8.45. The second kappa shape index (κ2) is 9.25. The Morgan fingerprint density at radius 2 is 2.06 bits per heavy atom. The van der Waals surface area contributed by atoms with Crippen LogP contribution in [-0.4, -0.2) is 53.0 Å². The van der Waals surface area contributed by atoms with Crippen molar-refractivity contribution in [2.75, 3.05) is 32.2 Å². The molecular weight excluding hydrogens is 449 g/mol. The van der Waals surface area contributed by atoms with Gasteiger partial charge in [0.25, 0.3) is 0 Å². The highest BCUT2D eigenvalue weighted by Crippen LogP contribution is 2.36. The number of methoxy groups -OCH3 is 2. The highest BCUT2D eigenvalue weighted by atomic mass is 19.1. The molecule has 35 heavy (non-hydrogen) atoms. The summed E-state index contributed by atoms with van der Waals surface area (Å²) in [5, 5.41) is 5.24. The van der Waals surface area contributed by atoms with Crippen molar-refractivity contribution >= 4 is 28.3 Å². The third kappa shape index (κ3) is 4.25. The first kappa shape index (κ1) is 22.6. The fourth-order valence-electron chi connectivity index (χ4n) is 4.46. The van der Waals surface area contributed by atoms with Crippen LogP contribution in [0.4, 0.5) is 10.1 Å². The lowest BCUT2D eigenvalue weighted by atomic mass is 10.0. The molecule has 1 aliphatic rings. The molecule has 0 fully saturated rings. The van der Waals surface area contributed by atoms with Crippen LogP contribution in [0.5, 0.6) is 5.75 Å². The van der Waals surface area contributed by atoms with Crippen molar-refractivity contribution in [1.82, 2.24) is 19.7 Å². The number of halogens is 1. The number of H-pyrrole nitrogens is 1. The number of nitrogens with zero attached hydrogens (tertiary/aromatic N) is 4. The molecule has 1 aliphatic heterocycles. The van der Waals surface area contributed by atoms with E-state index in [1.165, 1.54) is 24.8 Å². The molecule has 1 N–H and O–H groups in total. The van der Waals surface area contributed by atoms with E-state index in [4.69, 9.17) is 9.47 Å². The summed E-state index contributed by atoms with van der Waals surface area (Å²) in [6.07, 6.45) is 8.35. The molecular formula is C26H26FN5O3. The van der Waals surface area contributed by atoms with E-state index in [2.05, 4.69) is 32.1 Å². The van der Waals surface area contributed by atoms with Crippen molar-refractivity contribution in [1.29, 1.82) is 0 Å². The number of ether oxygens (including phenoxy) is 2. The lowest BCUT2D eigenvalue weighted by molar-refractivity contribution is -0.144. The maximum Gasteiger partial charge on any atom is 0.330 e. The van der Waals surface area contributed by atoms with E-state index in [-0.39, 0.29) is 11.8 Å². The number of hydrogen-bond acceptors (Lipinski definition) is 6. The predicted molar refractivity (Wildman–Crippen MR) is 132 cm³/mol. The largest absolute Gasteiger partial charge is 0.496 e. The number of benzene rings is 1. The second-order valence-corrected chi connectivity index (χ2v) is 8.45. The van der Waals surface area contributed by atoms with Crippen LogP contribution >= 0.6 is 0 Å². The van der Waals surface area contributed by atoms with E-state index in [0.29, 0.717) is 17.9 Å². The predicted octanol–water partition coefficient (Wildman–Crippen LogP) is 4.60. The molecule has 1 atom stereocenters. The Morgan fingerprint density at radius 3 is 2.80 bits per heavy atom. The molecule has 0 aliphatic carbocycles. The number of aromatic nitrogens is 4. The van der Waals surface area contributed by atoms with Gasteiger partial charge in [-0.15, -0.1) is 0 Å². The maximum absolute atomic E-state index is 14.0. The molecule has 0 radical (unpaired) electrons. The Labute approximate surface area is 202 Å². The molecule has 0 amide bonds. The summed E-state index contributed by atoms with van der Waals surface area (Å²) in [4.78, 5) is 21.9. The molecule has 180 valence electrons. The number of pyridine rings is 1. The minimum absolute atomic E-state index is 0.319. The summed E-state index contributed by atoms with van der Waals surface area (Å²) < 4.78 is 25.9. The normalized spacial score (nSPS) is 14.6. The summed E-state index contributed by atoms with van der Waals surface area (Å²) in [6, 6.07) is 7.98. The zero-order valence-corrected chi connectivity index (χ0v) is 19.8. The minimum Gasteiger partial charge on any atom is -0.496 e. The highest BCUT2D eigenvalue weighted by molar-refractivity contribution is 5.96. The Kier molecular flexibility index (Phi) is 5.98. The average molecular weight is 476 g/mol. The highest BCUT2D eigenvalue weighted by Gasteiger charge is 2.21. The zero-order chi connectivity index (χ0) is 24.5. The number of rotatable bonds is 6. The summed E-state index contributed by atoms with van der Waals surface area (Å²) >= 11 is 0. The third-order valence-electron chi connectivity index (χ3n) is 6.43. The summed E-state index contributed by atoms with van der Waals surface area (Å²) in [6.45, 7) is 3.27. The minimum atomic E-state index is -0.477. The van der Waals surface area contributed by atoms with E-state index in [1.807, 2.05) is 12.3 Å². The number of fused-ring (bicyclic) bond motifs is 1. The summed E-state index contributed by atoms with van der Waals surface area (Å²) in [7, 11) is 2.95. The van der Waals surface area contributed by atoms with Gasteiger partial charge in [0.05, 0.1) is 26.1 Å². The van der Waals surface area contributed by atoms with E-state index < -0.39 is 6.04 Å². The van der Waals surface area contributed by atoms with Gasteiger partial charge in [0, 0.05) is 42.1 Å². The molecule has 1 unspecified atom stereocenters. The molecule has 3 aromatic heterocycles. The number of carbonyl (C=O) groups is 1. The summed E-state index contributed by atoms with van der Waals surface area (Å²) in [5.74, 6) is -0.0414. The van der Waals surface area contributed by atoms with Gasteiger partial charge in [-0.1, -0.05) is 6.08 Å². The third-order valence-corrected chi connectivity index (χ3v) is 6.43. The van der Waals surface area contributed by atoms with Gasteiger partial charge in [0.2, 0.25) is 0 Å². The number of esters is 1. The SMILES string of the molecule is COC(=O)C(C)n1cc(N2CC=C(c3cc4c(-c5cc(F)ccc5OC)ccnc4[nH]3)CC2)cn1. The van der Waals surface area contributed by atoms with E-state index in [9.17, 15) is 9.18 Å². The summed E-state index contributed by atoms with van der Waals surface area (Å²) in [5.41, 5.74) is 5.42. The van der Waals surface area contributed by atoms with Gasteiger partial charge in [-0.2, -0.15) is 5.10 Å². The van der Waals surface area contributed by atoms with Crippen molar-refractivity contribution in [3.05, 3.63) is 66.5 Å². The van der Waals surface area contributed by atoms with Gasteiger partial charge in [-0.25, -0.2) is 14.2 Å². The van der Waals surface area contributed by atoms with Gasteiger partial charge >= 0.3 is 5.97 Å². The van der Waals surface area contributed by atoms with Gasteiger partial charge in [0.15, 0.2) is 0 Å². The quantitative estimate of drug-likeness (QED) is 0.410. The van der Waals surface area contributed by atoms with Crippen LogP contribution in [0, 0.1) is 5.82 Å².